The second kappa shape index (κ2) is 8.56. The van der Waals surface area contributed by atoms with E-state index in [0.717, 1.165) is 10.6 Å². The molecule has 0 radical (unpaired) electrons. The summed E-state index contributed by atoms with van der Waals surface area (Å²) in [4.78, 5) is 20.5. The largest absolute Gasteiger partial charge is 0.495 e. The van der Waals surface area contributed by atoms with E-state index in [2.05, 4.69) is 20.2 Å². The van der Waals surface area contributed by atoms with E-state index in [4.69, 9.17) is 4.74 Å². The molecule has 7 nitrogen and oxygen atoms in total. The molecule has 1 N–H and O–H groups in total. The van der Waals surface area contributed by atoms with Crippen LogP contribution >= 0.6 is 23.1 Å². The fraction of sp³-hybridized carbons (Fsp3) is 0.0909. The maximum absolute atomic E-state index is 13.6. The van der Waals surface area contributed by atoms with Crippen LogP contribution < -0.4 is 10.3 Å². The van der Waals surface area contributed by atoms with Crippen molar-refractivity contribution in [3.05, 3.63) is 82.0 Å². The van der Waals surface area contributed by atoms with Gasteiger partial charge in [0.15, 0.2) is 11.0 Å². The number of para-hydroxylation sites is 2. The number of benzene rings is 2. The molecule has 0 atom stereocenters. The third kappa shape index (κ3) is 3.78. The minimum atomic E-state index is -0.439. The molecule has 0 unspecified atom stereocenters. The number of rotatable bonds is 6. The first-order chi connectivity index (χ1) is 15.6. The number of thioether (sulfide) groups is 1. The minimum absolute atomic E-state index is 0.309. The summed E-state index contributed by atoms with van der Waals surface area (Å²) in [6.07, 6.45) is 0. The van der Waals surface area contributed by atoms with Gasteiger partial charge < -0.3 is 9.72 Å². The van der Waals surface area contributed by atoms with Crippen molar-refractivity contribution >= 4 is 34.0 Å². The van der Waals surface area contributed by atoms with E-state index in [0.29, 0.717) is 39.2 Å². The molecular weight excluding hydrogens is 449 g/mol. The normalized spacial score (nSPS) is 11.2. The number of nitrogens with one attached hydrogen (secondary N) is 1. The molecule has 0 amide bonds. The molecule has 3 heterocycles. The van der Waals surface area contributed by atoms with Crippen LogP contribution in [-0.4, -0.2) is 31.8 Å². The number of hydrogen-bond donors (Lipinski definition) is 1. The van der Waals surface area contributed by atoms with Gasteiger partial charge in [0.05, 0.1) is 34.3 Å². The second-order valence-electron chi connectivity index (χ2n) is 6.75. The zero-order valence-electron chi connectivity index (χ0n) is 16.8. The molecule has 2 aromatic carbocycles. The maximum Gasteiger partial charge on any atom is 0.258 e. The fourth-order valence-electron chi connectivity index (χ4n) is 3.32. The summed E-state index contributed by atoms with van der Waals surface area (Å²) in [5.74, 6) is 1.67. The van der Waals surface area contributed by atoms with E-state index in [1.807, 2.05) is 46.3 Å². The van der Waals surface area contributed by atoms with E-state index in [9.17, 15) is 9.18 Å². The predicted molar refractivity (Wildman–Crippen MR) is 123 cm³/mol. The van der Waals surface area contributed by atoms with Gasteiger partial charge in [-0.25, -0.2) is 9.37 Å². The lowest BCUT2D eigenvalue weighted by atomic mass is 10.2. The molecule has 3 aromatic heterocycles. The number of aromatic nitrogens is 5. The Kier molecular flexibility index (Phi) is 5.46. The van der Waals surface area contributed by atoms with Crippen LogP contribution in [-0.2, 0) is 5.75 Å². The van der Waals surface area contributed by atoms with Crippen LogP contribution in [0, 0.1) is 5.82 Å². The summed E-state index contributed by atoms with van der Waals surface area (Å²) in [7, 11) is 1.61. The Bertz CT molecular complexity index is 1460. The number of thiophene rings is 1. The van der Waals surface area contributed by atoms with E-state index < -0.39 is 5.82 Å². The number of ether oxygens (including phenoxy) is 1. The highest BCUT2D eigenvalue weighted by molar-refractivity contribution is 7.98. The lowest BCUT2D eigenvalue weighted by Gasteiger charge is -2.13. The highest BCUT2D eigenvalue weighted by Gasteiger charge is 2.20. The van der Waals surface area contributed by atoms with Gasteiger partial charge in [0.1, 0.15) is 17.4 Å². The summed E-state index contributed by atoms with van der Waals surface area (Å²) in [6.45, 7) is 0. The second-order valence-corrected chi connectivity index (χ2v) is 8.64. The Morgan fingerprint density at radius 1 is 1.16 bits per heavy atom. The molecule has 0 spiro atoms. The molecule has 0 aliphatic carbocycles. The van der Waals surface area contributed by atoms with Crippen molar-refractivity contribution in [2.45, 2.75) is 10.9 Å². The third-order valence-corrected chi connectivity index (χ3v) is 6.56. The van der Waals surface area contributed by atoms with Gasteiger partial charge in [0.2, 0.25) is 0 Å². The van der Waals surface area contributed by atoms with Gasteiger partial charge in [-0.2, -0.15) is 0 Å². The molecule has 0 saturated carbocycles. The van der Waals surface area contributed by atoms with Crippen LogP contribution in [0.2, 0.25) is 0 Å². The van der Waals surface area contributed by atoms with E-state index in [-0.39, 0.29) is 5.56 Å². The summed E-state index contributed by atoms with van der Waals surface area (Å²) < 4.78 is 21.1. The van der Waals surface area contributed by atoms with Crippen LogP contribution in [0.3, 0.4) is 0 Å². The van der Waals surface area contributed by atoms with E-state index >= 15 is 0 Å². The highest BCUT2D eigenvalue weighted by Crippen LogP contribution is 2.34. The van der Waals surface area contributed by atoms with Crippen molar-refractivity contribution in [3.8, 4) is 22.1 Å². The first-order valence-corrected chi connectivity index (χ1v) is 11.4. The van der Waals surface area contributed by atoms with Crippen LogP contribution in [0.4, 0.5) is 4.39 Å². The lowest BCUT2D eigenvalue weighted by molar-refractivity contribution is 0.412. The quantitative estimate of drug-likeness (QED) is 0.367. The van der Waals surface area contributed by atoms with Gasteiger partial charge in [0.25, 0.3) is 5.56 Å². The standard InChI is InChI=1S/C22H16FN5O2S2/c1-30-17-6-3-2-5-16(17)28-20(18-7-4-10-31-18)26-27-22(28)32-12-19-24-15-11-13(23)8-9-14(15)21(29)25-19/h2-11H,12H2,1H3,(H,24,25,29). The number of nitrogens with zero attached hydrogens (tertiary/aromatic N) is 4. The minimum Gasteiger partial charge on any atom is -0.495 e. The van der Waals surface area contributed by atoms with Crippen molar-refractivity contribution < 1.29 is 9.13 Å². The molecule has 160 valence electrons. The van der Waals surface area contributed by atoms with Gasteiger partial charge >= 0.3 is 0 Å². The average Bonchev–Trinajstić information content (AvgIpc) is 3.47. The lowest BCUT2D eigenvalue weighted by Crippen LogP contribution is -2.11. The number of fused-ring (bicyclic) bond motifs is 1. The number of halogens is 1. The first kappa shape index (κ1) is 20.4. The smallest absolute Gasteiger partial charge is 0.258 e. The zero-order valence-corrected chi connectivity index (χ0v) is 18.4. The summed E-state index contributed by atoms with van der Waals surface area (Å²) >= 11 is 2.93. The van der Waals surface area contributed by atoms with Crippen LogP contribution in [0.1, 0.15) is 5.82 Å². The van der Waals surface area contributed by atoms with Crippen LogP contribution in [0.25, 0.3) is 27.3 Å². The van der Waals surface area contributed by atoms with Crippen molar-refractivity contribution in [3.63, 3.8) is 0 Å². The van der Waals surface area contributed by atoms with Crippen molar-refractivity contribution in [2.75, 3.05) is 7.11 Å². The van der Waals surface area contributed by atoms with Gasteiger partial charge in [0, 0.05) is 6.07 Å². The fourth-order valence-corrected chi connectivity index (χ4v) is 4.84. The summed E-state index contributed by atoms with van der Waals surface area (Å²) in [5, 5.41) is 11.7. The molecular formula is C22H16FN5O2S2. The number of H-pyrrole nitrogens is 1. The van der Waals surface area contributed by atoms with Gasteiger partial charge in [-0.05, 0) is 35.7 Å². The van der Waals surface area contributed by atoms with E-state index in [1.54, 1.807) is 18.4 Å². The molecule has 5 aromatic rings. The van der Waals surface area contributed by atoms with Crippen molar-refractivity contribution in [1.29, 1.82) is 0 Å². The van der Waals surface area contributed by atoms with Gasteiger partial charge in [-0.3, -0.25) is 9.36 Å². The molecule has 0 aliphatic rings. The third-order valence-electron chi connectivity index (χ3n) is 4.76. The van der Waals surface area contributed by atoms with Crippen molar-refractivity contribution in [2.24, 2.45) is 0 Å². The predicted octanol–water partition coefficient (Wildman–Crippen LogP) is 4.67. The highest BCUT2D eigenvalue weighted by atomic mass is 32.2. The Balaban J connectivity index is 1.55. The van der Waals surface area contributed by atoms with Gasteiger partial charge in [-0.1, -0.05) is 30.0 Å². The average molecular weight is 466 g/mol. The number of aromatic amines is 1. The van der Waals surface area contributed by atoms with Gasteiger partial charge in [-0.15, -0.1) is 21.5 Å². The Labute approximate surface area is 189 Å². The van der Waals surface area contributed by atoms with E-state index in [1.165, 1.54) is 30.0 Å². The van der Waals surface area contributed by atoms with Crippen molar-refractivity contribution in [1.82, 2.24) is 24.7 Å². The Hall–Kier alpha value is -3.50. The molecule has 0 bridgehead atoms. The SMILES string of the molecule is COc1ccccc1-n1c(SCc2nc3cc(F)ccc3c(=O)[nH]2)nnc1-c1cccs1. The Morgan fingerprint density at radius 3 is 2.84 bits per heavy atom. The first-order valence-electron chi connectivity index (χ1n) is 9.58. The van der Waals surface area contributed by atoms with Crippen LogP contribution in [0.5, 0.6) is 5.75 Å². The summed E-state index contributed by atoms with van der Waals surface area (Å²) in [6, 6.07) is 15.5. The monoisotopic (exact) mass is 465 g/mol. The maximum atomic E-state index is 13.6. The van der Waals surface area contributed by atoms with Crippen LogP contribution in [0.15, 0.2) is 69.9 Å². The Morgan fingerprint density at radius 2 is 2.03 bits per heavy atom. The summed E-state index contributed by atoms with van der Waals surface area (Å²) in [5.41, 5.74) is 0.804. The number of hydrogen-bond acceptors (Lipinski definition) is 7. The molecule has 0 saturated heterocycles. The number of methoxy groups -OCH3 is 1. The molecule has 0 fully saturated rings. The molecule has 10 heteroatoms. The topological polar surface area (TPSA) is 85.7 Å². The molecule has 32 heavy (non-hydrogen) atoms. The molecule has 5 rings (SSSR count). The molecule has 0 aliphatic heterocycles. The zero-order chi connectivity index (χ0) is 22.1.